The van der Waals surface area contributed by atoms with E-state index in [9.17, 15) is 5.26 Å². The van der Waals surface area contributed by atoms with E-state index in [4.69, 9.17) is 0 Å². The van der Waals surface area contributed by atoms with E-state index in [-0.39, 0.29) is 0 Å². The Kier molecular flexibility index (Phi) is 5.11. The molecule has 2 nitrogen and oxygen atoms in total. The number of hydrogen-bond donors (Lipinski definition) is 1. The average Bonchev–Trinajstić information content (AvgIpc) is 2.42. The third-order valence-corrected chi connectivity index (χ3v) is 4.43. The highest BCUT2D eigenvalue weighted by Gasteiger charge is 2.09. The highest BCUT2D eigenvalue weighted by Crippen LogP contribution is 2.32. The second kappa shape index (κ2) is 6.83. The second-order valence-electron chi connectivity index (χ2n) is 4.33. The fourth-order valence-corrected chi connectivity index (χ4v) is 3.27. The molecule has 0 saturated carbocycles. The van der Waals surface area contributed by atoms with Gasteiger partial charge < -0.3 is 5.32 Å². The molecule has 0 aliphatic rings. The van der Waals surface area contributed by atoms with E-state index < -0.39 is 0 Å². The summed E-state index contributed by atoms with van der Waals surface area (Å²) in [6, 6.07) is 14.3. The zero-order valence-electron chi connectivity index (χ0n) is 11.4. The van der Waals surface area contributed by atoms with Gasteiger partial charge >= 0.3 is 0 Å². The van der Waals surface area contributed by atoms with Gasteiger partial charge in [-0.2, -0.15) is 5.26 Å². The maximum atomic E-state index is 9.40. The molecule has 2 aromatic carbocycles. The lowest BCUT2D eigenvalue weighted by Crippen LogP contribution is -1.96. The molecule has 0 radical (unpaired) electrons. The van der Waals surface area contributed by atoms with Crippen LogP contribution in [0.1, 0.15) is 18.1 Å². The lowest BCUT2D eigenvalue weighted by Gasteiger charge is -2.12. The van der Waals surface area contributed by atoms with Crippen LogP contribution in [0.5, 0.6) is 0 Å². The molecule has 2 aromatic rings. The van der Waals surface area contributed by atoms with Gasteiger partial charge in [0.1, 0.15) is 6.07 Å². The Morgan fingerprint density at radius 1 is 1.25 bits per heavy atom. The first-order valence-corrected chi connectivity index (χ1v) is 8.12. The van der Waals surface area contributed by atoms with Crippen LogP contribution in [0.3, 0.4) is 0 Å². The molecule has 0 unspecified atom stereocenters. The van der Waals surface area contributed by atoms with Crippen molar-refractivity contribution in [1.82, 2.24) is 0 Å². The van der Waals surface area contributed by atoms with Crippen LogP contribution in [0.2, 0.25) is 0 Å². The summed E-state index contributed by atoms with van der Waals surface area (Å²) in [5.74, 6) is 0.951. The van der Waals surface area contributed by atoms with Crippen molar-refractivity contribution in [2.24, 2.45) is 0 Å². The lowest BCUT2D eigenvalue weighted by molar-refractivity contribution is 1.34. The first kappa shape index (κ1) is 15.0. The zero-order valence-corrected chi connectivity index (χ0v) is 13.8. The molecule has 0 aliphatic carbocycles. The first-order chi connectivity index (χ1) is 9.65. The fraction of sp³-hybridized carbons (Fsp3) is 0.188. The van der Waals surface area contributed by atoms with Crippen LogP contribution in [-0.4, -0.2) is 5.75 Å². The molecule has 0 fully saturated rings. The van der Waals surface area contributed by atoms with Crippen molar-refractivity contribution in [2.45, 2.75) is 18.7 Å². The molecule has 20 heavy (non-hydrogen) atoms. The zero-order chi connectivity index (χ0) is 14.5. The molecular formula is C16H15BrN2S. The normalized spacial score (nSPS) is 10.1. The van der Waals surface area contributed by atoms with Crippen LogP contribution in [0, 0.1) is 18.3 Å². The van der Waals surface area contributed by atoms with Gasteiger partial charge in [0, 0.05) is 9.37 Å². The van der Waals surface area contributed by atoms with Gasteiger partial charge in [-0.3, -0.25) is 0 Å². The molecule has 0 atom stereocenters. The minimum atomic E-state index is 0.701. The first-order valence-electron chi connectivity index (χ1n) is 6.34. The summed E-state index contributed by atoms with van der Waals surface area (Å²) in [6.45, 7) is 4.14. The number of thioether (sulfide) groups is 1. The predicted molar refractivity (Wildman–Crippen MR) is 89.7 cm³/mol. The SMILES string of the molecule is CCSc1cccc(Nc2ccc(C)cc2Br)c1C#N. The van der Waals surface area contributed by atoms with Crippen LogP contribution in [-0.2, 0) is 0 Å². The molecule has 0 saturated heterocycles. The number of aryl methyl sites for hydroxylation is 1. The predicted octanol–water partition coefficient (Wildman–Crippen LogP) is 5.48. The maximum Gasteiger partial charge on any atom is 0.103 e. The molecule has 0 amide bonds. The molecule has 102 valence electrons. The van der Waals surface area contributed by atoms with Crippen LogP contribution in [0.4, 0.5) is 11.4 Å². The minimum Gasteiger partial charge on any atom is -0.353 e. The average molecular weight is 347 g/mol. The largest absolute Gasteiger partial charge is 0.353 e. The molecule has 0 bridgehead atoms. The molecular weight excluding hydrogens is 332 g/mol. The molecule has 0 spiro atoms. The number of hydrogen-bond acceptors (Lipinski definition) is 3. The van der Waals surface area contributed by atoms with Gasteiger partial charge in [-0.05, 0) is 58.4 Å². The molecule has 0 heterocycles. The van der Waals surface area contributed by atoms with E-state index >= 15 is 0 Å². The third kappa shape index (κ3) is 3.36. The van der Waals surface area contributed by atoms with Gasteiger partial charge in [-0.1, -0.05) is 19.1 Å². The Morgan fingerprint density at radius 3 is 2.70 bits per heavy atom. The highest BCUT2D eigenvalue weighted by atomic mass is 79.9. The maximum absolute atomic E-state index is 9.40. The van der Waals surface area contributed by atoms with E-state index in [1.165, 1.54) is 5.56 Å². The molecule has 4 heteroatoms. The third-order valence-electron chi connectivity index (χ3n) is 2.83. The Bertz CT molecular complexity index is 662. The number of benzene rings is 2. The Hall–Kier alpha value is -1.44. The number of nitriles is 1. The summed E-state index contributed by atoms with van der Waals surface area (Å²) in [5.41, 5.74) is 3.70. The number of nitrogens with one attached hydrogen (secondary N) is 1. The quantitative estimate of drug-likeness (QED) is 0.744. The summed E-state index contributed by atoms with van der Waals surface area (Å²) < 4.78 is 0.995. The fourth-order valence-electron chi connectivity index (χ4n) is 1.89. The Morgan fingerprint density at radius 2 is 2.05 bits per heavy atom. The van der Waals surface area contributed by atoms with Gasteiger partial charge in [-0.25, -0.2) is 0 Å². The summed E-state index contributed by atoms with van der Waals surface area (Å²) in [6.07, 6.45) is 0. The lowest BCUT2D eigenvalue weighted by atomic mass is 10.1. The van der Waals surface area contributed by atoms with Crippen LogP contribution in [0.25, 0.3) is 0 Å². The van der Waals surface area contributed by atoms with Crippen molar-refractivity contribution in [1.29, 1.82) is 5.26 Å². The van der Waals surface area contributed by atoms with Crippen molar-refractivity contribution in [3.05, 3.63) is 52.0 Å². The van der Waals surface area contributed by atoms with Gasteiger partial charge in [0.05, 0.1) is 16.9 Å². The van der Waals surface area contributed by atoms with Crippen LogP contribution >= 0.6 is 27.7 Å². The van der Waals surface area contributed by atoms with E-state index in [1.807, 2.05) is 37.3 Å². The number of anilines is 2. The van der Waals surface area contributed by atoms with Crippen molar-refractivity contribution >= 4 is 39.1 Å². The van der Waals surface area contributed by atoms with E-state index in [2.05, 4.69) is 40.3 Å². The highest BCUT2D eigenvalue weighted by molar-refractivity contribution is 9.10. The smallest absolute Gasteiger partial charge is 0.103 e. The molecule has 2 rings (SSSR count). The summed E-state index contributed by atoms with van der Waals surface area (Å²) in [7, 11) is 0. The monoisotopic (exact) mass is 346 g/mol. The topological polar surface area (TPSA) is 35.8 Å². The van der Waals surface area contributed by atoms with E-state index in [0.717, 1.165) is 26.5 Å². The van der Waals surface area contributed by atoms with Crippen molar-refractivity contribution in [2.75, 3.05) is 11.1 Å². The van der Waals surface area contributed by atoms with Crippen molar-refractivity contribution in [3.63, 3.8) is 0 Å². The van der Waals surface area contributed by atoms with Gasteiger partial charge in [0.25, 0.3) is 0 Å². The number of nitrogens with zero attached hydrogens (tertiary/aromatic N) is 1. The summed E-state index contributed by atoms with van der Waals surface area (Å²) in [5, 5.41) is 12.7. The molecule has 1 N–H and O–H groups in total. The van der Waals surface area contributed by atoms with Crippen LogP contribution < -0.4 is 5.32 Å². The van der Waals surface area contributed by atoms with E-state index in [0.29, 0.717) is 5.56 Å². The van der Waals surface area contributed by atoms with Gasteiger partial charge in [-0.15, -0.1) is 11.8 Å². The number of halogens is 1. The van der Waals surface area contributed by atoms with Gasteiger partial charge in [0.2, 0.25) is 0 Å². The standard InChI is InChI=1S/C16H15BrN2S/c1-3-20-16-6-4-5-14(12(16)10-18)19-15-8-7-11(2)9-13(15)17/h4-9,19H,3H2,1-2H3. The Balaban J connectivity index is 2.38. The van der Waals surface area contributed by atoms with Crippen molar-refractivity contribution in [3.8, 4) is 6.07 Å². The molecule has 0 aliphatic heterocycles. The summed E-state index contributed by atoms with van der Waals surface area (Å²) >= 11 is 5.23. The van der Waals surface area contributed by atoms with E-state index in [1.54, 1.807) is 11.8 Å². The van der Waals surface area contributed by atoms with Gasteiger partial charge in [0.15, 0.2) is 0 Å². The Labute approximate surface area is 132 Å². The number of rotatable bonds is 4. The van der Waals surface area contributed by atoms with Crippen molar-refractivity contribution < 1.29 is 0 Å². The second-order valence-corrected chi connectivity index (χ2v) is 6.49. The molecule has 0 aromatic heterocycles. The van der Waals surface area contributed by atoms with Crippen LogP contribution in [0.15, 0.2) is 45.8 Å². The minimum absolute atomic E-state index is 0.701. The summed E-state index contributed by atoms with van der Waals surface area (Å²) in [4.78, 5) is 1.02.